The van der Waals surface area contributed by atoms with E-state index < -0.39 is 5.92 Å². The molecule has 116 valence electrons. The smallest absolute Gasteiger partial charge is 0.233 e. The molecule has 1 amide bonds. The lowest BCUT2D eigenvalue weighted by molar-refractivity contribution is -0.137. The number of piperidine rings is 1. The number of likely N-dealkylation sites (tertiary alicyclic amines) is 1. The molecule has 0 aromatic rings. The molecular weight excluding hydrogens is 254 g/mol. The van der Waals surface area contributed by atoms with Gasteiger partial charge in [0.1, 0.15) is 5.92 Å². The highest BCUT2D eigenvalue weighted by molar-refractivity contribution is 6.02. The van der Waals surface area contributed by atoms with Crippen molar-refractivity contribution in [2.45, 2.75) is 53.4 Å². The molecule has 1 rings (SSSR count). The van der Waals surface area contributed by atoms with E-state index in [-0.39, 0.29) is 17.7 Å². The minimum Gasteiger partial charge on any atom is -0.409 e. The van der Waals surface area contributed by atoms with E-state index in [2.05, 4.69) is 19.0 Å². The van der Waals surface area contributed by atoms with Crippen molar-refractivity contribution in [2.24, 2.45) is 28.1 Å². The van der Waals surface area contributed by atoms with Crippen molar-refractivity contribution in [3.05, 3.63) is 0 Å². The van der Waals surface area contributed by atoms with Crippen LogP contribution in [0.5, 0.6) is 0 Å². The molecule has 1 fully saturated rings. The maximum Gasteiger partial charge on any atom is 0.233 e. The lowest BCUT2D eigenvalue weighted by atomic mass is 9.74. The summed E-state index contributed by atoms with van der Waals surface area (Å²) in [5.41, 5.74) is 6.07. The summed E-state index contributed by atoms with van der Waals surface area (Å²) in [6.07, 6.45) is 4.43. The highest BCUT2D eigenvalue weighted by Gasteiger charge is 2.36. The third-order valence-corrected chi connectivity index (χ3v) is 5.00. The SMILES string of the molecule is CCC1(CC)CCN(C(=O)C(C(N)=NO)C(C)C)CC1. The summed E-state index contributed by atoms with van der Waals surface area (Å²) in [4.78, 5) is 14.5. The fourth-order valence-corrected chi connectivity index (χ4v) is 3.17. The summed E-state index contributed by atoms with van der Waals surface area (Å²) >= 11 is 0. The largest absolute Gasteiger partial charge is 0.409 e. The highest BCUT2D eigenvalue weighted by atomic mass is 16.4. The second-order valence-corrected chi connectivity index (χ2v) is 6.28. The molecule has 0 spiro atoms. The first-order valence-electron chi connectivity index (χ1n) is 7.67. The van der Waals surface area contributed by atoms with Gasteiger partial charge in [0, 0.05) is 13.1 Å². The monoisotopic (exact) mass is 283 g/mol. The molecule has 0 bridgehead atoms. The topological polar surface area (TPSA) is 78.9 Å². The van der Waals surface area contributed by atoms with E-state index in [4.69, 9.17) is 10.9 Å². The molecule has 0 saturated carbocycles. The van der Waals surface area contributed by atoms with Gasteiger partial charge in [-0.05, 0) is 24.2 Å². The Morgan fingerprint density at radius 1 is 1.30 bits per heavy atom. The number of hydrogen-bond acceptors (Lipinski definition) is 3. The van der Waals surface area contributed by atoms with E-state index in [9.17, 15) is 4.79 Å². The van der Waals surface area contributed by atoms with Crippen LogP contribution in [0.4, 0.5) is 0 Å². The molecule has 5 heteroatoms. The third-order valence-electron chi connectivity index (χ3n) is 5.00. The minimum absolute atomic E-state index is 0.00361. The van der Waals surface area contributed by atoms with E-state index in [0.717, 1.165) is 25.9 Å². The quantitative estimate of drug-likeness (QED) is 0.352. The second kappa shape index (κ2) is 6.95. The molecule has 0 aromatic heterocycles. The van der Waals surface area contributed by atoms with Gasteiger partial charge in [0.2, 0.25) is 5.91 Å². The molecule has 1 aliphatic rings. The third kappa shape index (κ3) is 3.44. The van der Waals surface area contributed by atoms with Gasteiger partial charge < -0.3 is 15.8 Å². The van der Waals surface area contributed by atoms with Crippen molar-refractivity contribution < 1.29 is 10.0 Å². The number of carbonyl (C=O) groups is 1. The van der Waals surface area contributed by atoms with Crippen LogP contribution in [0.1, 0.15) is 53.4 Å². The Morgan fingerprint density at radius 3 is 2.15 bits per heavy atom. The van der Waals surface area contributed by atoms with Crippen LogP contribution in [0.3, 0.4) is 0 Å². The number of hydrogen-bond donors (Lipinski definition) is 2. The Bertz CT molecular complexity index is 352. The Hall–Kier alpha value is -1.26. The van der Waals surface area contributed by atoms with Gasteiger partial charge in [0.05, 0.1) is 0 Å². The zero-order valence-corrected chi connectivity index (χ0v) is 13.2. The highest BCUT2D eigenvalue weighted by Crippen LogP contribution is 2.38. The van der Waals surface area contributed by atoms with Crippen LogP contribution in [-0.2, 0) is 4.79 Å². The second-order valence-electron chi connectivity index (χ2n) is 6.28. The Morgan fingerprint density at radius 2 is 1.80 bits per heavy atom. The van der Waals surface area contributed by atoms with Gasteiger partial charge in [-0.15, -0.1) is 0 Å². The van der Waals surface area contributed by atoms with Gasteiger partial charge in [0.25, 0.3) is 0 Å². The summed E-state index contributed by atoms with van der Waals surface area (Å²) < 4.78 is 0. The first-order valence-corrected chi connectivity index (χ1v) is 7.67. The van der Waals surface area contributed by atoms with Gasteiger partial charge in [-0.1, -0.05) is 45.7 Å². The van der Waals surface area contributed by atoms with E-state index in [1.54, 1.807) is 0 Å². The van der Waals surface area contributed by atoms with Gasteiger partial charge in [-0.25, -0.2) is 0 Å². The number of nitrogens with zero attached hydrogens (tertiary/aromatic N) is 2. The van der Waals surface area contributed by atoms with Crippen LogP contribution in [0.25, 0.3) is 0 Å². The maximum atomic E-state index is 12.6. The summed E-state index contributed by atoms with van der Waals surface area (Å²) in [5, 5.41) is 11.9. The molecule has 0 aromatic carbocycles. The number of nitrogens with two attached hydrogens (primary N) is 1. The van der Waals surface area contributed by atoms with Crippen LogP contribution in [0.2, 0.25) is 0 Å². The van der Waals surface area contributed by atoms with Crippen molar-refractivity contribution in [3.63, 3.8) is 0 Å². The number of oxime groups is 1. The number of rotatable bonds is 5. The van der Waals surface area contributed by atoms with Gasteiger partial charge >= 0.3 is 0 Å². The molecule has 1 saturated heterocycles. The normalized spacial score (nSPS) is 21.1. The molecule has 0 aliphatic carbocycles. The summed E-state index contributed by atoms with van der Waals surface area (Å²) in [6, 6.07) is 0. The van der Waals surface area contributed by atoms with Crippen LogP contribution in [0.15, 0.2) is 5.16 Å². The molecule has 1 unspecified atom stereocenters. The molecular formula is C15H29N3O2. The lowest BCUT2D eigenvalue weighted by Crippen LogP contribution is -2.49. The van der Waals surface area contributed by atoms with Crippen molar-refractivity contribution in [1.82, 2.24) is 4.90 Å². The number of carbonyl (C=O) groups excluding carboxylic acids is 1. The number of amidine groups is 1. The standard InChI is InChI=1S/C15H29N3O2/c1-5-15(6-2)7-9-18(10-8-15)14(19)12(11(3)4)13(16)17-20/h11-12,20H,5-10H2,1-4H3,(H2,16,17). The van der Waals surface area contributed by atoms with Crippen LogP contribution < -0.4 is 5.73 Å². The van der Waals surface area contributed by atoms with Gasteiger partial charge in [-0.3, -0.25) is 4.79 Å². The Labute approximate surface area is 122 Å². The predicted octanol–water partition coefficient (Wildman–Crippen LogP) is 2.43. The molecule has 1 atom stereocenters. The van der Waals surface area contributed by atoms with Crippen LogP contribution in [0, 0.1) is 17.3 Å². The Kier molecular flexibility index (Phi) is 5.84. The first kappa shape index (κ1) is 16.8. The predicted molar refractivity (Wildman–Crippen MR) is 80.6 cm³/mol. The minimum atomic E-state index is -0.518. The molecule has 20 heavy (non-hydrogen) atoms. The lowest BCUT2D eigenvalue weighted by Gasteiger charge is -2.42. The molecule has 3 N–H and O–H groups in total. The fraction of sp³-hybridized carbons (Fsp3) is 0.867. The summed E-state index contributed by atoms with van der Waals surface area (Å²) in [7, 11) is 0. The van der Waals surface area contributed by atoms with Crippen LogP contribution >= 0.6 is 0 Å². The summed E-state index contributed by atoms with van der Waals surface area (Å²) in [6.45, 7) is 9.87. The van der Waals surface area contributed by atoms with E-state index in [1.165, 1.54) is 12.8 Å². The zero-order chi connectivity index (χ0) is 15.3. The van der Waals surface area contributed by atoms with Crippen molar-refractivity contribution in [1.29, 1.82) is 0 Å². The molecule has 5 nitrogen and oxygen atoms in total. The van der Waals surface area contributed by atoms with Crippen molar-refractivity contribution in [2.75, 3.05) is 13.1 Å². The van der Waals surface area contributed by atoms with Crippen LogP contribution in [-0.4, -0.2) is 34.9 Å². The van der Waals surface area contributed by atoms with Crippen molar-refractivity contribution in [3.8, 4) is 0 Å². The molecule has 1 aliphatic heterocycles. The van der Waals surface area contributed by atoms with E-state index in [1.807, 2.05) is 18.7 Å². The summed E-state index contributed by atoms with van der Waals surface area (Å²) in [5.74, 6) is -0.470. The average Bonchev–Trinajstić information content (AvgIpc) is 2.46. The van der Waals surface area contributed by atoms with E-state index in [0.29, 0.717) is 5.41 Å². The van der Waals surface area contributed by atoms with Gasteiger partial charge in [0.15, 0.2) is 5.84 Å². The van der Waals surface area contributed by atoms with E-state index >= 15 is 0 Å². The molecule has 1 heterocycles. The maximum absolute atomic E-state index is 12.6. The zero-order valence-electron chi connectivity index (χ0n) is 13.2. The van der Waals surface area contributed by atoms with Crippen molar-refractivity contribution >= 4 is 11.7 Å². The fourth-order valence-electron chi connectivity index (χ4n) is 3.17. The first-order chi connectivity index (χ1) is 9.40. The number of amides is 1. The molecule has 0 radical (unpaired) electrons. The average molecular weight is 283 g/mol. The Balaban J connectivity index is 2.75. The van der Waals surface area contributed by atoms with Gasteiger partial charge in [-0.2, -0.15) is 0 Å².